The monoisotopic (exact) mass is 526 g/mol. The van der Waals surface area contributed by atoms with Crippen molar-refractivity contribution in [2.45, 2.75) is 45.3 Å². The summed E-state index contributed by atoms with van der Waals surface area (Å²) >= 11 is 0. The average molecular weight is 527 g/mol. The second-order valence-electron chi connectivity index (χ2n) is 11.0. The van der Waals surface area contributed by atoms with Gasteiger partial charge in [0.2, 0.25) is 5.78 Å². The summed E-state index contributed by atoms with van der Waals surface area (Å²) in [5.41, 5.74) is 3.79. The van der Waals surface area contributed by atoms with Crippen molar-refractivity contribution in [2.24, 2.45) is 23.5 Å². The van der Waals surface area contributed by atoms with Crippen molar-refractivity contribution >= 4 is 28.8 Å². The number of nitrogens with zero attached hydrogens (tertiary/aromatic N) is 1. The molecule has 204 valence electrons. The summed E-state index contributed by atoms with van der Waals surface area (Å²) < 4.78 is 5.66. The summed E-state index contributed by atoms with van der Waals surface area (Å²) in [4.78, 5) is 40.6. The van der Waals surface area contributed by atoms with Crippen molar-refractivity contribution in [3.8, 4) is 5.75 Å². The van der Waals surface area contributed by atoms with Gasteiger partial charge in [0.1, 0.15) is 22.8 Å². The Kier molecular flexibility index (Phi) is 6.92. The zero-order valence-electron chi connectivity index (χ0n) is 22.1. The number of primary amides is 1. The third kappa shape index (κ3) is 3.99. The lowest BCUT2D eigenvalue weighted by molar-refractivity contribution is -0.153. The van der Waals surface area contributed by atoms with Crippen LogP contribution >= 0.6 is 0 Å². The average Bonchev–Trinajstić information content (AvgIpc) is 2.80. The lowest BCUT2D eigenvalue weighted by atomic mass is 9.57. The molecule has 0 aliphatic heterocycles. The van der Waals surface area contributed by atoms with Gasteiger partial charge in [0.05, 0.1) is 24.5 Å². The molecule has 1 aromatic carbocycles. The lowest BCUT2D eigenvalue weighted by Gasteiger charge is -2.50. The van der Waals surface area contributed by atoms with Gasteiger partial charge in [-0.2, -0.15) is 0 Å². The molecule has 0 spiro atoms. The lowest BCUT2D eigenvalue weighted by Crippen LogP contribution is -2.65. The molecule has 0 bridgehead atoms. The van der Waals surface area contributed by atoms with Gasteiger partial charge < -0.3 is 30.9 Å². The number of phenols is 1. The van der Waals surface area contributed by atoms with E-state index in [2.05, 4.69) is 0 Å². The second-order valence-corrected chi connectivity index (χ2v) is 11.0. The number of aromatic hydroxyl groups is 1. The van der Waals surface area contributed by atoms with Crippen LogP contribution in [0.4, 0.5) is 0 Å². The van der Waals surface area contributed by atoms with Gasteiger partial charge in [-0.05, 0) is 68.5 Å². The highest BCUT2D eigenvalue weighted by Gasteiger charge is 2.64. The molecule has 1 aromatic rings. The number of aliphatic hydroxyl groups excluding tert-OH is 2. The third-order valence-corrected chi connectivity index (χ3v) is 7.72. The molecule has 4 atom stereocenters. The molecular weight excluding hydrogens is 492 g/mol. The summed E-state index contributed by atoms with van der Waals surface area (Å²) in [5.74, 6) is -6.40. The van der Waals surface area contributed by atoms with Gasteiger partial charge >= 0.3 is 0 Å². The Hall–Kier alpha value is -3.63. The molecule has 1 amide bonds. The number of benzene rings is 1. The molecule has 0 unspecified atom stereocenters. The predicted octanol–water partition coefficient (Wildman–Crippen LogP) is 2.00. The molecule has 4 rings (SSSR count). The highest BCUT2D eigenvalue weighted by atomic mass is 16.5. The van der Waals surface area contributed by atoms with Gasteiger partial charge in [0, 0.05) is 11.5 Å². The Bertz CT molecular complexity index is 1320. The molecule has 3 aliphatic carbocycles. The van der Waals surface area contributed by atoms with E-state index in [0.717, 1.165) is 5.57 Å². The molecule has 0 radical (unpaired) electrons. The first-order valence-electron chi connectivity index (χ1n) is 12.5. The minimum absolute atomic E-state index is 0.0352. The van der Waals surface area contributed by atoms with Crippen molar-refractivity contribution in [3.63, 3.8) is 0 Å². The summed E-state index contributed by atoms with van der Waals surface area (Å²) in [6.07, 6.45) is 1.87. The SMILES string of the molecule is C/C(=C/OCC(C)C)c1ccc(O)c2c1C[C@H]1C[C@H]3[C@H](N(C)C)C(=O)C(C(N)=O)=C(O)[C@@]3(O)C(=O)C1=C2O. The number of fused-ring (bicyclic) bond motifs is 3. The van der Waals surface area contributed by atoms with Crippen LogP contribution in [-0.2, 0) is 25.5 Å². The Labute approximate surface area is 220 Å². The fraction of sp³-hybridized carbons (Fsp3) is 0.464. The molecular formula is C28H34N2O8. The molecule has 38 heavy (non-hydrogen) atoms. The topological polar surface area (TPSA) is 171 Å². The fourth-order valence-electron chi connectivity index (χ4n) is 6.04. The van der Waals surface area contributed by atoms with Crippen LogP contribution in [0, 0.1) is 17.8 Å². The summed E-state index contributed by atoms with van der Waals surface area (Å²) in [6, 6.07) is 1.99. The first-order valence-corrected chi connectivity index (χ1v) is 12.5. The zero-order chi connectivity index (χ0) is 28.3. The minimum Gasteiger partial charge on any atom is -0.508 e. The van der Waals surface area contributed by atoms with E-state index >= 15 is 0 Å². The van der Waals surface area contributed by atoms with Crippen LogP contribution in [0.25, 0.3) is 11.3 Å². The number of allylic oxidation sites excluding steroid dienone is 1. The highest BCUT2D eigenvalue weighted by Crippen LogP contribution is 2.53. The van der Waals surface area contributed by atoms with Crippen LogP contribution in [0.15, 0.2) is 35.3 Å². The molecule has 0 heterocycles. The summed E-state index contributed by atoms with van der Waals surface area (Å²) in [6.45, 7) is 6.39. The van der Waals surface area contributed by atoms with E-state index in [9.17, 15) is 34.8 Å². The van der Waals surface area contributed by atoms with E-state index in [0.29, 0.717) is 23.7 Å². The van der Waals surface area contributed by atoms with Crippen LogP contribution in [0.1, 0.15) is 43.9 Å². The predicted molar refractivity (Wildman–Crippen MR) is 139 cm³/mol. The molecule has 1 fully saturated rings. The molecule has 3 aliphatic rings. The number of carbonyl (C=O) groups excluding carboxylic acids is 3. The number of carbonyl (C=O) groups is 3. The fourth-order valence-corrected chi connectivity index (χ4v) is 6.04. The maximum atomic E-state index is 13.9. The molecule has 1 saturated carbocycles. The number of Topliss-reactive ketones (excluding diaryl/α,β-unsaturated/α-hetero) is 2. The maximum Gasteiger partial charge on any atom is 0.255 e. The Morgan fingerprint density at radius 3 is 2.47 bits per heavy atom. The summed E-state index contributed by atoms with van der Waals surface area (Å²) in [7, 11) is 3.13. The number of nitrogens with two attached hydrogens (primary N) is 1. The number of ether oxygens (including phenoxy) is 1. The Morgan fingerprint density at radius 1 is 1.24 bits per heavy atom. The van der Waals surface area contributed by atoms with Crippen LogP contribution in [0.2, 0.25) is 0 Å². The first-order chi connectivity index (χ1) is 17.7. The zero-order valence-corrected chi connectivity index (χ0v) is 22.1. The normalized spacial score (nSPS) is 27.5. The van der Waals surface area contributed by atoms with E-state index in [-0.39, 0.29) is 29.7 Å². The second kappa shape index (κ2) is 9.59. The van der Waals surface area contributed by atoms with Gasteiger partial charge in [-0.25, -0.2) is 0 Å². The standard InChI is InChI=1S/C28H34N2O8/c1-12(2)10-38-11-13(3)15-6-7-18(31)20-16(15)8-14-9-17-22(30(4)5)24(33)21(27(29)36)26(35)28(17,37)25(34)19(14)23(20)32/h6-7,11-12,14,17,22,31-32,35,37H,8-10H2,1-5H3,(H2,29,36)/b13-11-/t14-,17-,22-,28-/m0/s1. The molecule has 10 nitrogen and oxygen atoms in total. The van der Waals surface area contributed by atoms with Crippen LogP contribution in [-0.4, -0.2) is 75.1 Å². The molecule has 0 aromatic heterocycles. The van der Waals surface area contributed by atoms with E-state index in [1.54, 1.807) is 26.4 Å². The number of phenolic OH excluding ortho intramolecular Hbond substituents is 1. The smallest absolute Gasteiger partial charge is 0.255 e. The molecule has 6 N–H and O–H groups in total. The number of rotatable bonds is 6. The maximum absolute atomic E-state index is 13.9. The van der Waals surface area contributed by atoms with Crippen molar-refractivity contribution in [1.29, 1.82) is 0 Å². The van der Waals surface area contributed by atoms with Crippen molar-refractivity contribution < 1.29 is 39.5 Å². The molecule has 10 heteroatoms. The van der Waals surface area contributed by atoms with Gasteiger partial charge in [-0.15, -0.1) is 0 Å². The quantitative estimate of drug-likeness (QED) is 0.275. The Balaban J connectivity index is 1.90. The summed E-state index contributed by atoms with van der Waals surface area (Å²) in [5, 5.41) is 44.6. The van der Waals surface area contributed by atoms with Crippen molar-refractivity contribution in [1.82, 2.24) is 4.90 Å². The van der Waals surface area contributed by atoms with E-state index in [1.807, 2.05) is 20.8 Å². The first kappa shape index (κ1) is 27.4. The van der Waals surface area contributed by atoms with Gasteiger partial charge in [0.25, 0.3) is 5.91 Å². The van der Waals surface area contributed by atoms with E-state index < -0.39 is 58.0 Å². The number of hydrogen-bond acceptors (Lipinski definition) is 9. The minimum atomic E-state index is -2.65. The number of hydrogen-bond donors (Lipinski definition) is 5. The van der Waals surface area contributed by atoms with Crippen LogP contribution in [0.5, 0.6) is 5.75 Å². The van der Waals surface area contributed by atoms with Gasteiger partial charge in [0.15, 0.2) is 11.4 Å². The third-order valence-electron chi connectivity index (χ3n) is 7.72. The number of ketones is 2. The van der Waals surface area contributed by atoms with Crippen molar-refractivity contribution in [3.05, 3.63) is 52.0 Å². The number of likely N-dealkylation sites (N-methyl/N-ethyl adjacent to an activating group) is 1. The highest BCUT2D eigenvalue weighted by molar-refractivity contribution is 6.24. The van der Waals surface area contributed by atoms with E-state index in [4.69, 9.17) is 10.5 Å². The number of aliphatic hydroxyl groups is 3. The van der Waals surface area contributed by atoms with Crippen LogP contribution in [0.3, 0.4) is 0 Å². The molecule has 0 saturated heterocycles. The Morgan fingerprint density at radius 2 is 1.89 bits per heavy atom. The largest absolute Gasteiger partial charge is 0.508 e. The van der Waals surface area contributed by atoms with Gasteiger partial charge in [-0.3, -0.25) is 19.3 Å². The number of amides is 1. The van der Waals surface area contributed by atoms with E-state index in [1.165, 1.54) is 11.0 Å². The van der Waals surface area contributed by atoms with Crippen LogP contribution < -0.4 is 5.73 Å². The van der Waals surface area contributed by atoms with Crippen molar-refractivity contribution in [2.75, 3.05) is 20.7 Å². The van der Waals surface area contributed by atoms with Gasteiger partial charge in [-0.1, -0.05) is 19.9 Å².